The predicted molar refractivity (Wildman–Crippen MR) is 58.9 cm³/mol. The molecule has 1 heterocycles. The first-order valence-corrected chi connectivity index (χ1v) is 5.95. The van der Waals surface area contributed by atoms with Gasteiger partial charge in [0, 0.05) is 6.04 Å². The molecule has 0 bridgehead atoms. The molecule has 0 aromatic carbocycles. The standard InChI is InChI=1S/C12H25N/c1-4-11-7-8-13-12(9-11)6-5-10(2)3/h10-13H,4-9H2,1-3H3. The van der Waals surface area contributed by atoms with Crippen molar-refractivity contribution in [2.24, 2.45) is 11.8 Å². The van der Waals surface area contributed by atoms with Gasteiger partial charge in [-0.05, 0) is 44.1 Å². The van der Waals surface area contributed by atoms with Crippen LogP contribution >= 0.6 is 0 Å². The summed E-state index contributed by atoms with van der Waals surface area (Å²) in [6.07, 6.45) is 6.96. The van der Waals surface area contributed by atoms with Gasteiger partial charge in [0.05, 0.1) is 0 Å². The molecule has 0 amide bonds. The number of rotatable bonds is 4. The Morgan fingerprint density at radius 2 is 2.15 bits per heavy atom. The van der Waals surface area contributed by atoms with E-state index < -0.39 is 0 Å². The topological polar surface area (TPSA) is 12.0 Å². The predicted octanol–water partition coefficient (Wildman–Crippen LogP) is 3.20. The minimum atomic E-state index is 0.820. The van der Waals surface area contributed by atoms with Gasteiger partial charge in [0.15, 0.2) is 0 Å². The summed E-state index contributed by atoms with van der Waals surface area (Å²) in [6, 6.07) is 0.820. The maximum atomic E-state index is 3.64. The van der Waals surface area contributed by atoms with Gasteiger partial charge >= 0.3 is 0 Å². The van der Waals surface area contributed by atoms with Gasteiger partial charge in [-0.2, -0.15) is 0 Å². The van der Waals surface area contributed by atoms with Crippen LogP contribution in [0.2, 0.25) is 0 Å². The average molecular weight is 183 g/mol. The van der Waals surface area contributed by atoms with Crippen LogP contribution < -0.4 is 5.32 Å². The Balaban J connectivity index is 2.18. The molecule has 2 unspecified atom stereocenters. The van der Waals surface area contributed by atoms with Gasteiger partial charge in [0.25, 0.3) is 0 Å². The van der Waals surface area contributed by atoms with Crippen molar-refractivity contribution in [1.29, 1.82) is 0 Å². The van der Waals surface area contributed by atoms with E-state index in [1.807, 2.05) is 0 Å². The van der Waals surface area contributed by atoms with E-state index in [4.69, 9.17) is 0 Å². The Kier molecular flexibility index (Phi) is 4.79. The highest BCUT2D eigenvalue weighted by Crippen LogP contribution is 2.22. The van der Waals surface area contributed by atoms with Crippen LogP contribution in [0.1, 0.15) is 52.9 Å². The van der Waals surface area contributed by atoms with Gasteiger partial charge in [-0.3, -0.25) is 0 Å². The van der Waals surface area contributed by atoms with Gasteiger partial charge in [0.2, 0.25) is 0 Å². The zero-order valence-electron chi connectivity index (χ0n) is 9.47. The second-order valence-electron chi connectivity index (χ2n) is 4.92. The zero-order valence-corrected chi connectivity index (χ0v) is 9.47. The Labute approximate surface area is 83.3 Å². The summed E-state index contributed by atoms with van der Waals surface area (Å²) >= 11 is 0. The first-order chi connectivity index (χ1) is 6.22. The lowest BCUT2D eigenvalue weighted by Gasteiger charge is -2.30. The number of hydrogen-bond donors (Lipinski definition) is 1. The van der Waals surface area contributed by atoms with Gasteiger partial charge < -0.3 is 5.32 Å². The Morgan fingerprint density at radius 3 is 2.77 bits per heavy atom. The lowest BCUT2D eigenvalue weighted by Crippen LogP contribution is -2.38. The zero-order chi connectivity index (χ0) is 9.68. The van der Waals surface area contributed by atoms with Crippen LogP contribution in [-0.2, 0) is 0 Å². The molecule has 1 fully saturated rings. The Morgan fingerprint density at radius 1 is 1.38 bits per heavy atom. The van der Waals surface area contributed by atoms with Crippen LogP contribution in [0.25, 0.3) is 0 Å². The molecule has 78 valence electrons. The second kappa shape index (κ2) is 5.64. The van der Waals surface area contributed by atoms with E-state index in [0.717, 1.165) is 17.9 Å². The molecule has 0 spiro atoms. The van der Waals surface area contributed by atoms with Crippen molar-refractivity contribution in [3.05, 3.63) is 0 Å². The molecule has 1 nitrogen and oxygen atoms in total. The highest BCUT2D eigenvalue weighted by atomic mass is 14.9. The number of hydrogen-bond acceptors (Lipinski definition) is 1. The van der Waals surface area contributed by atoms with Crippen molar-refractivity contribution in [3.8, 4) is 0 Å². The van der Waals surface area contributed by atoms with E-state index in [1.54, 1.807) is 0 Å². The van der Waals surface area contributed by atoms with Gasteiger partial charge in [-0.15, -0.1) is 0 Å². The summed E-state index contributed by atoms with van der Waals surface area (Å²) in [6.45, 7) is 8.22. The Bertz CT molecular complexity index is 131. The molecule has 1 saturated heterocycles. The quantitative estimate of drug-likeness (QED) is 0.706. The fourth-order valence-electron chi connectivity index (χ4n) is 2.22. The lowest BCUT2D eigenvalue weighted by molar-refractivity contribution is 0.275. The monoisotopic (exact) mass is 183 g/mol. The summed E-state index contributed by atoms with van der Waals surface area (Å²) in [4.78, 5) is 0. The van der Waals surface area contributed by atoms with Crippen LogP contribution in [-0.4, -0.2) is 12.6 Å². The second-order valence-corrected chi connectivity index (χ2v) is 4.92. The van der Waals surface area contributed by atoms with Crippen LogP contribution in [0.3, 0.4) is 0 Å². The average Bonchev–Trinajstić information content (AvgIpc) is 2.15. The van der Waals surface area contributed by atoms with Crippen molar-refractivity contribution in [3.63, 3.8) is 0 Å². The van der Waals surface area contributed by atoms with E-state index in [1.165, 1.54) is 38.6 Å². The maximum absolute atomic E-state index is 3.64. The molecule has 1 heteroatoms. The van der Waals surface area contributed by atoms with Crippen molar-refractivity contribution >= 4 is 0 Å². The third-order valence-electron chi connectivity index (χ3n) is 3.27. The third kappa shape index (κ3) is 4.12. The summed E-state index contributed by atoms with van der Waals surface area (Å²) in [5.74, 6) is 1.86. The molecule has 0 aromatic heterocycles. The van der Waals surface area contributed by atoms with Crippen LogP contribution in [0.15, 0.2) is 0 Å². The highest BCUT2D eigenvalue weighted by molar-refractivity contribution is 4.77. The normalized spacial score (nSPS) is 29.5. The maximum Gasteiger partial charge on any atom is 0.00698 e. The first kappa shape index (κ1) is 11.0. The smallest absolute Gasteiger partial charge is 0.00698 e. The fraction of sp³-hybridized carbons (Fsp3) is 1.00. The van der Waals surface area contributed by atoms with Crippen molar-refractivity contribution < 1.29 is 0 Å². The SMILES string of the molecule is CCC1CCNC(CCC(C)C)C1. The Hall–Kier alpha value is -0.0400. The molecule has 0 radical (unpaired) electrons. The van der Waals surface area contributed by atoms with Crippen LogP contribution in [0, 0.1) is 11.8 Å². The van der Waals surface area contributed by atoms with E-state index in [9.17, 15) is 0 Å². The van der Waals surface area contributed by atoms with Crippen molar-refractivity contribution in [2.75, 3.05) is 6.54 Å². The number of nitrogens with one attached hydrogen (secondary N) is 1. The molecule has 2 atom stereocenters. The largest absolute Gasteiger partial charge is 0.314 e. The molecule has 0 aromatic rings. The summed E-state index contributed by atoms with van der Waals surface area (Å²) in [7, 11) is 0. The first-order valence-electron chi connectivity index (χ1n) is 5.95. The molecular formula is C12H25N. The summed E-state index contributed by atoms with van der Waals surface area (Å²) < 4.78 is 0. The molecule has 1 aliphatic heterocycles. The molecule has 0 saturated carbocycles. The fourth-order valence-corrected chi connectivity index (χ4v) is 2.22. The van der Waals surface area contributed by atoms with Crippen molar-refractivity contribution in [1.82, 2.24) is 5.32 Å². The van der Waals surface area contributed by atoms with E-state index in [-0.39, 0.29) is 0 Å². The molecule has 1 N–H and O–H groups in total. The lowest BCUT2D eigenvalue weighted by atomic mass is 9.87. The van der Waals surface area contributed by atoms with Crippen LogP contribution in [0.4, 0.5) is 0 Å². The molecule has 0 aliphatic carbocycles. The van der Waals surface area contributed by atoms with E-state index in [0.29, 0.717) is 0 Å². The summed E-state index contributed by atoms with van der Waals surface area (Å²) in [5, 5.41) is 3.64. The third-order valence-corrected chi connectivity index (χ3v) is 3.27. The molecule has 1 aliphatic rings. The highest BCUT2D eigenvalue weighted by Gasteiger charge is 2.19. The summed E-state index contributed by atoms with van der Waals surface area (Å²) in [5.41, 5.74) is 0. The van der Waals surface area contributed by atoms with Crippen molar-refractivity contribution in [2.45, 2.75) is 58.9 Å². The molecule has 13 heavy (non-hydrogen) atoms. The minimum absolute atomic E-state index is 0.820. The molecule has 1 rings (SSSR count). The van der Waals surface area contributed by atoms with E-state index >= 15 is 0 Å². The molecular weight excluding hydrogens is 158 g/mol. The van der Waals surface area contributed by atoms with Gasteiger partial charge in [-0.25, -0.2) is 0 Å². The van der Waals surface area contributed by atoms with Gasteiger partial charge in [0.1, 0.15) is 0 Å². The van der Waals surface area contributed by atoms with Crippen LogP contribution in [0.5, 0.6) is 0 Å². The van der Waals surface area contributed by atoms with Gasteiger partial charge in [-0.1, -0.05) is 27.2 Å². The minimum Gasteiger partial charge on any atom is -0.314 e. The number of piperidine rings is 1. The van der Waals surface area contributed by atoms with E-state index in [2.05, 4.69) is 26.1 Å².